The van der Waals surface area contributed by atoms with Crippen LogP contribution in [0.2, 0.25) is 0 Å². The molecule has 1 atom stereocenters. The van der Waals surface area contributed by atoms with Crippen molar-refractivity contribution in [2.45, 2.75) is 6.10 Å². The summed E-state index contributed by atoms with van der Waals surface area (Å²) < 4.78 is 20.1. The maximum Gasteiger partial charge on any atom is 0.284 e. The zero-order valence-corrected chi connectivity index (χ0v) is 8.70. The van der Waals surface area contributed by atoms with E-state index in [-0.39, 0.29) is 23.5 Å². The van der Waals surface area contributed by atoms with Crippen molar-refractivity contribution in [1.29, 1.82) is 0 Å². The highest BCUT2D eigenvalue weighted by Gasteiger charge is 2.24. The van der Waals surface area contributed by atoms with Crippen molar-refractivity contribution in [3.63, 3.8) is 0 Å². The van der Waals surface area contributed by atoms with Gasteiger partial charge in [-0.15, -0.1) is 0 Å². The molecular formula is C8H9N5O4. The van der Waals surface area contributed by atoms with Gasteiger partial charge in [0.2, 0.25) is 17.3 Å². The molecular weight excluding hydrogens is 230 g/mol. The van der Waals surface area contributed by atoms with Crippen LogP contribution >= 0.6 is 0 Å². The quantitative estimate of drug-likeness (QED) is 0.757. The van der Waals surface area contributed by atoms with Crippen molar-refractivity contribution in [2.24, 2.45) is 0 Å². The molecule has 1 aliphatic rings. The van der Waals surface area contributed by atoms with Gasteiger partial charge in [-0.3, -0.25) is 0 Å². The van der Waals surface area contributed by atoms with Crippen LogP contribution in [0.1, 0.15) is 11.9 Å². The summed E-state index contributed by atoms with van der Waals surface area (Å²) in [5, 5.41) is 10.8. The molecule has 3 rings (SSSR count). The summed E-state index contributed by atoms with van der Waals surface area (Å²) in [4.78, 5) is 4.11. The van der Waals surface area contributed by atoms with E-state index in [0.29, 0.717) is 25.6 Å². The molecule has 1 unspecified atom stereocenters. The van der Waals surface area contributed by atoms with Crippen molar-refractivity contribution < 1.29 is 18.6 Å². The Kier molecular flexibility index (Phi) is 2.46. The Morgan fingerprint density at radius 3 is 2.82 bits per heavy atom. The minimum absolute atomic E-state index is 0.0982. The molecule has 0 radical (unpaired) electrons. The van der Waals surface area contributed by atoms with Gasteiger partial charge in [-0.1, -0.05) is 5.16 Å². The molecule has 90 valence electrons. The van der Waals surface area contributed by atoms with E-state index in [1.54, 1.807) is 0 Å². The third-order valence-corrected chi connectivity index (χ3v) is 2.26. The number of hydrogen-bond acceptors (Lipinski definition) is 9. The van der Waals surface area contributed by atoms with Gasteiger partial charge in [0.15, 0.2) is 0 Å². The van der Waals surface area contributed by atoms with Crippen LogP contribution in [0.25, 0.3) is 11.6 Å². The summed E-state index contributed by atoms with van der Waals surface area (Å²) >= 11 is 0. The van der Waals surface area contributed by atoms with Crippen LogP contribution in [-0.4, -0.2) is 40.3 Å². The monoisotopic (exact) mass is 239 g/mol. The summed E-state index contributed by atoms with van der Waals surface area (Å²) in [5.41, 5.74) is 5.73. The van der Waals surface area contributed by atoms with Crippen LogP contribution in [0, 0.1) is 0 Å². The largest absolute Gasteiger partial charge is 0.379 e. The molecule has 2 N–H and O–H groups in total. The number of aromatic nitrogens is 4. The zero-order valence-electron chi connectivity index (χ0n) is 8.70. The molecule has 0 bridgehead atoms. The number of rotatable bonds is 2. The van der Waals surface area contributed by atoms with E-state index in [2.05, 4.69) is 25.1 Å². The minimum atomic E-state index is -0.331. The van der Waals surface area contributed by atoms with Gasteiger partial charge >= 0.3 is 0 Å². The maximum atomic E-state index is 5.51. The summed E-state index contributed by atoms with van der Waals surface area (Å²) in [6.07, 6.45) is -0.331. The Morgan fingerprint density at radius 1 is 1.18 bits per heavy atom. The third kappa shape index (κ3) is 1.85. The lowest BCUT2D eigenvalue weighted by molar-refractivity contribution is -0.0941. The number of nitrogens with two attached hydrogens (primary N) is 1. The van der Waals surface area contributed by atoms with Gasteiger partial charge in [0, 0.05) is 0 Å². The van der Waals surface area contributed by atoms with E-state index in [0.717, 1.165) is 0 Å². The molecule has 0 amide bonds. The standard InChI is InChI=1S/C8H9N5O4/c9-6-5(11-17-12-6)8-10-7(13-16-8)4-3-14-1-2-15-4/h4H,1-3H2,(H2,9,12). The molecule has 2 aromatic heterocycles. The Labute approximate surface area is 94.8 Å². The lowest BCUT2D eigenvalue weighted by Crippen LogP contribution is -2.22. The van der Waals surface area contributed by atoms with Gasteiger partial charge in [0.1, 0.15) is 6.10 Å². The van der Waals surface area contributed by atoms with Gasteiger partial charge in [0.25, 0.3) is 5.89 Å². The topological polar surface area (TPSA) is 122 Å². The second-order valence-corrected chi connectivity index (χ2v) is 3.39. The first-order valence-corrected chi connectivity index (χ1v) is 4.96. The second-order valence-electron chi connectivity index (χ2n) is 3.39. The van der Waals surface area contributed by atoms with Crippen LogP contribution < -0.4 is 5.73 Å². The number of anilines is 1. The fraction of sp³-hybridized carbons (Fsp3) is 0.500. The number of ether oxygens (including phenoxy) is 2. The molecule has 0 spiro atoms. The Hall–Kier alpha value is -2.00. The molecule has 0 aliphatic carbocycles. The highest BCUT2D eigenvalue weighted by Crippen LogP contribution is 2.23. The van der Waals surface area contributed by atoms with E-state index < -0.39 is 0 Å². The first-order chi connectivity index (χ1) is 8.34. The summed E-state index contributed by atoms with van der Waals surface area (Å²) in [6, 6.07) is 0. The first-order valence-electron chi connectivity index (χ1n) is 4.96. The SMILES string of the molecule is Nc1nonc1-c1nc(C2COCCO2)no1. The van der Waals surface area contributed by atoms with Crippen molar-refractivity contribution in [1.82, 2.24) is 20.5 Å². The van der Waals surface area contributed by atoms with Crippen LogP contribution in [0.15, 0.2) is 9.15 Å². The van der Waals surface area contributed by atoms with E-state index in [1.165, 1.54) is 0 Å². The van der Waals surface area contributed by atoms with Crippen molar-refractivity contribution in [3.05, 3.63) is 5.82 Å². The fourth-order valence-corrected chi connectivity index (χ4v) is 1.44. The molecule has 1 saturated heterocycles. The normalized spacial score (nSPS) is 20.6. The maximum absolute atomic E-state index is 5.51. The Balaban J connectivity index is 1.85. The molecule has 2 aromatic rings. The zero-order chi connectivity index (χ0) is 11.7. The van der Waals surface area contributed by atoms with E-state index in [9.17, 15) is 0 Å². The third-order valence-electron chi connectivity index (χ3n) is 2.26. The smallest absolute Gasteiger partial charge is 0.284 e. The average molecular weight is 239 g/mol. The number of nitrogens with zero attached hydrogens (tertiary/aromatic N) is 4. The second kappa shape index (κ2) is 4.11. The lowest BCUT2D eigenvalue weighted by Gasteiger charge is -2.19. The van der Waals surface area contributed by atoms with E-state index >= 15 is 0 Å². The fourth-order valence-electron chi connectivity index (χ4n) is 1.44. The minimum Gasteiger partial charge on any atom is -0.379 e. The number of hydrogen-bond donors (Lipinski definition) is 1. The first kappa shape index (κ1) is 10.2. The average Bonchev–Trinajstić information content (AvgIpc) is 2.98. The lowest BCUT2D eigenvalue weighted by atomic mass is 10.3. The Morgan fingerprint density at radius 2 is 2.12 bits per heavy atom. The highest BCUT2D eigenvalue weighted by molar-refractivity contribution is 5.60. The van der Waals surface area contributed by atoms with Gasteiger partial charge < -0.3 is 19.7 Å². The van der Waals surface area contributed by atoms with Crippen LogP contribution in [0.3, 0.4) is 0 Å². The van der Waals surface area contributed by atoms with E-state index in [4.69, 9.17) is 19.7 Å². The molecule has 0 aromatic carbocycles. The van der Waals surface area contributed by atoms with Crippen molar-refractivity contribution >= 4 is 5.82 Å². The molecule has 1 fully saturated rings. The van der Waals surface area contributed by atoms with Crippen LogP contribution in [-0.2, 0) is 9.47 Å². The summed E-state index contributed by atoms with van der Waals surface area (Å²) in [7, 11) is 0. The predicted octanol–water partition coefficient (Wildman–Crippen LogP) is -0.210. The molecule has 0 saturated carbocycles. The van der Waals surface area contributed by atoms with E-state index in [1.807, 2.05) is 0 Å². The summed E-state index contributed by atoms with van der Waals surface area (Å²) in [5.74, 6) is 0.635. The molecule has 17 heavy (non-hydrogen) atoms. The predicted molar refractivity (Wildman–Crippen MR) is 51.5 cm³/mol. The Bertz CT molecular complexity index is 503. The summed E-state index contributed by atoms with van der Waals surface area (Å²) in [6.45, 7) is 1.47. The number of nitrogen functional groups attached to an aromatic ring is 1. The van der Waals surface area contributed by atoms with Crippen LogP contribution in [0.5, 0.6) is 0 Å². The molecule has 1 aliphatic heterocycles. The van der Waals surface area contributed by atoms with Crippen molar-refractivity contribution in [3.8, 4) is 11.6 Å². The van der Waals surface area contributed by atoms with Gasteiger partial charge in [-0.2, -0.15) is 4.98 Å². The molecule has 3 heterocycles. The van der Waals surface area contributed by atoms with Gasteiger partial charge in [0.05, 0.1) is 19.8 Å². The highest BCUT2D eigenvalue weighted by atomic mass is 16.6. The molecule has 9 nitrogen and oxygen atoms in total. The van der Waals surface area contributed by atoms with Gasteiger partial charge in [-0.05, 0) is 10.3 Å². The van der Waals surface area contributed by atoms with Crippen LogP contribution in [0.4, 0.5) is 5.82 Å². The van der Waals surface area contributed by atoms with Gasteiger partial charge in [-0.25, -0.2) is 4.63 Å². The van der Waals surface area contributed by atoms with Crippen molar-refractivity contribution in [2.75, 3.05) is 25.6 Å². The molecule has 9 heteroatoms.